The lowest BCUT2D eigenvalue weighted by atomic mass is 10.1. The fraction of sp³-hybridized carbons (Fsp3) is 0.438. The van der Waals surface area contributed by atoms with Crippen molar-refractivity contribution in [1.29, 1.82) is 0 Å². The standard InChI is InChI=1S/C16H20FN5O2/c1-21-8-11(4-6-15(21)23)18-16(24)22(2)9-14-19-12-5-3-10(17)7-13(12)20-14/h3,5,7,11H,4,6,8-9H2,1-2H3,(H,18,24)(H,19,20)/t11-/m1/s1. The van der Waals surface area contributed by atoms with E-state index in [-0.39, 0.29) is 30.3 Å². The number of carbonyl (C=O) groups excluding carboxylic acids is 2. The number of H-pyrrole nitrogens is 1. The molecule has 2 N–H and O–H groups in total. The van der Waals surface area contributed by atoms with Crippen molar-refractivity contribution < 1.29 is 14.0 Å². The molecule has 0 bridgehead atoms. The van der Waals surface area contributed by atoms with Gasteiger partial charge in [-0.15, -0.1) is 0 Å². The zero-order valence-electron chi connectivity index (χ0n) is 13.7. The van der Waals surface area contributed by atoms with Gasteiger partial charge >= 0.3 is 6.03 Å². The molecule has 1 aromatic carbocycles. The molecular formula is C16H20FN5O2. The third-order valence-electron chi connectivity index (χ3n) is 4.18. The molecule has 0 spiro atoms. The molecule has 0 radical (unpaired) electrons. The monoisotopic (exact) mass is 333 g/mol. The maximum absolute atomic E-state index is 13.2. The van der Waals surface area contributed by atoms with Crippen LogP contribution in [0.1, 0.15) is 18.7 Å². The first-order valence-electron chi connectivity index (χ1n) is 7.82. The van der Waals surface area contributed by atoms with Crippen molar-refractivity contribution in [2.24, 2.45) is 0 Å². The molecule has 24 heavy (non-hydrogen) atoms. The summed E-state index contributed by atoms with van der Waals surface area (Å²) in [5, 5.41) is 2.92. The first-order valence-corrected chi connectivity index (χ1v) is 7.82. The molecule has 1 fully saturated rings. The van der Waals surface area contributed by atoms with Gasteiger partial charge in [0.25, 0.3) is 0 Å². The molecule has 1 aliphatic heterocycles. The summed E-state index contributed by atoms with van der Waals surface area (Å²) in [4.78, 5) is 34.2. The number of fused-ring (bicyclic) bond motifs is 1. The summed E-state index contributed by atoms with van der Waals surface area (Å²) in [7, 11) is 3.40. The number of hydrogen-bond acceptors (Lipinski definition) is 3. The van der Waals surface area contributed by atoms with E-state index in [1.165, 1.54) is 17.0 Å². The van der Waals surface area contributed by atoms with E-state index in [0.717, 1.165) is 0 Å². The smallest absolute Gasteiger partial charge is 0.317 e. The number of nitrogens with one attached hydrogen (secondary N) is 2. The zero-order valence-corrected chi connectivity index (χ0v) is 13.7. The topological polar surface area (TPSA) is 81.3 Å². The van der Waals surface area contributed by atoms with Crippen LogP contribution in [0.5, 0.6) is 0 Å². The maximum atomic E-state index is 13.2. The molecule has 0 saturated carbocycles. The van der Waals surface area contributed by atoms with Gasteiger partial charge in [0.2, 0.25) is 5.91 Å². The normalized spacial score (nSPS) is 18.0. The van der Waals surface area contributed by atoms with Crippen LogP contribution in [-0.2, 0) is 11.3 Å². The predicted molar refractivity (Wildman–Crippen MR) is 86.7 cm³/mol. The zero-order chi connectivity index (χ0) is 17.3. The fourth-order valence-corrected chi connectivity index (χ4v) is 2.82. The summed E-state index contributed by atoms with van der Waals surface area (Å²) >= 11 is 0. The maximum Gasteiger partial charge on any atom is 0.317 e. The third-order valence-corrected chi connectivity index (χ3v) is 4.18. The SMILES string of the molecule is CN1C[C@H](NC(=O)N(C)Cc2nc3ccc(F)cc3[nH]2)CCC1=O. The molecule has 0 unspecified atom stereocenters. The van der Waals surface area contributed by atoms with Crippen LogP contribution in [0.4, 0.5) is 9.18 Å². The van der Waals surface area contributed by atoms with Crippen molar-refractivity contribution >= 4 is 23.0 Å². The van der Waals surface area contributed by atoms with Crippen LogP contribution < -0.4 is 5.32 Å². The van der Waals surface area contributed by atoms with Gasteiger partial charge in [-0.25, -0.2) is 14.2 Å². The Kier molecular flexibility index (Phi) is 4.37. The number of aromatic amines is 1. The Labute approximate surface area is 138 Å². The van der Waals surface area contributed by atoms with Crippen molar-refractivity contribution in [3.8, 4) is 0 Å². The number of urea groups is 1. The van der Waals surface area contributed by atoms with Crippen LogP contribution in [0.3, 0.4) is 0 Å². The van der Waals surface area contributed by atoms with Crippen molar-refractivity contribution in [3.63, 3.8) is 0 Å². The van der Waals surface area contributed by atoms with Crippen LogP contribution in [0, 0.1) is 5.82 Å². The number of amides is 3. The van der Waals surface area contributed by atoms with E-state index in [4.69, 9.17) is 0 Å². The van der Waals surface area contributed by atoms with Crippen LogP contribution in [0.2, 0.25) is 0 Å². The van der Waals surface area contributed by atoms with Crippen LogP contribution in [0.25, 0.3) is 11.0 Å². The molecule has 128 valence electrons. The van der Waals surface area contributed by atoms with Gasteiger partial charge in [0.15, 0.2) is 0 Å². The number of carbonyl (C=O) groups is 2. The quantitative estimate of drug-likeness (QED) is 0.892. The molecule has 1 atom stereocenters. The molecule has 1 saturated heterocycles. The number of likely N-dealkylation sites (N-methyl/N-ethyl adjacent to an activating group) is 1. The number of piperidine rings is 1. The summed E-state index contributed by atoms with van der Waals surface area (Å²) in [6.45, 7) is 0.798. The Bertz CT molecular complexity index is 775. The van der Waals surface area contributed by atoms with E-state index in [0.29, 0.717) is 36.2 Å². The van der Waals surface area contributed by atoms with Gasteiger partial charge < -0.3 is 20.1 Å². The molecule has 1 aromatic heterocycles. The summed E-state index contributed by atoms with van der Waals surface area (Å²) in [6.07, 6.45) is 1.09. The molecule has 3 rings (SSSR count). The fourth-order valence-electron chi connectivity index (χ4n) is 2.82. The highest BCUT2D eigenvalue weighted by Crippen LogP contribution is 2.14. The Morgan fingerprint density at radius 1 is 1.54 bits per heavy atom. The largest absolute Gasteiger partial charge is 0.344 e. The van der Waals surface area contributed by atoms with Crippen LogP contribution in [0.15, 0.2) is 18.2 Å². The van der Waals surface area contributed by atoms with Crippen molar-refractivity contribution in [2.45, 2.75) is 25.4 Å². The summed E-state index contributed by atoms with van der Waals surface area (Å²) < 4.78 is 13.2. The van der Waals surface area contributed by atoms with Gasteiger partial charge in [0.05, 0.1) is 17.6 Å². The molecule has 1 aliphatic rings. The van der Waals surface area contributed by atoms with Gasteiger partial charge in [-0.05, 0) is 24.6 Å². The highest BCUT2D eigenvalue weighted by molar-refractivity contribution is 5.78. The number of hydrogen-bond donors (Lipinski definition) is 2. The third kappa shape index (κ3) is 3.47. The summed E-state index contributed by atoms with van der Waals surface area (Å²) in [5.74, 6) is 0.354. The second-order valence-corrected chi connectivity index (χ2v) is 6.16. The molecule has 0 aliphatic carbocycles. The van der Waals surface area contributed by atoms with E-state index >= 15 is 0 Å². The number of likely N-dealkylation sites (tertiary alicyclic amines) is 1. The van der Waals surface area contributed by atoms with Crippen molar-refractivity contribution in [3.05, 3.63) is 29.8 Å². The van der Waals surface area contributed by atoms with Crippen LogP contribution >= 0.6 is 0 Å². The lowest BCUT2D eigenvalue weighted by Gasteiger charge is -2.31. The van der Waals surface area contributed by atoms with Crippen molar-refractivity contribution in [2.75, 3.05) is 20.6 Å². The average molecular weight is 333 g/mol. The van der Waals surface area contributed by atoms with E-state index in [1.54, 1.807) is 25.1 Å². The lowest BCUT2D eigenvalue weighted by Crippen LogP contribution is -2.51. The molecule has 7 nitrogen and oxygen atoms in total. The first-order chi connectivity index (χ1) is 11.4. The minimum Gasteiger partial charge on any atom is -0.344 e. The number of halogens is 1. The Hall–Kier alpha value is -2.64. The molecule has 3 amide bonds. The number of aromatic nitrogens is 2. The summed E-state index contributed by atoms with van der Waals surface area (Å²) in [5.41, 5.74) is 1.26. The minimum atomic E-state index is -0.334. The first kappa shape index (κ1) is 16.2. The molecular weight excluding hydrogens is 313 g/mol. The second-order valence-electron chi connectivity index (χ2n) is 6.16. The predicted octanol–water partition coefficient (Wildman–Crippen LogP) is 1.46. The highest BCUT2D eigenvalue weighted by Gasteiger charge is 2.25. The van der Waals surface area contributed by atoms with Crippen molar-refractivity contribution in [1.82, 2.24) is 25.1 Å². The highest BCUT2D eigenvalue weighted by atomic mass is 19.1. The number of nitrogens with zero attached hydrogens (tertiary/aromatic N) is 3. The van der Waals surface area contributed by atoms with Gasteiger partial charge in [-0.1, -0.05) is 0 Å². The van der Waals surface area contributed by atoms with Gasteiger partial charge in [-0.3, -0.25) is 4.79 Å². The van der Waals surface area contributed by atoms with E-state index < -0.39 is 0 Å². The van der Waals surface area contributed by atoms with E-state index in [1.807, 2.05) is 0 Å². The molecule has 8 heteroatoms. The van der Waals surface area contributed by atoms with Gasteiger partial charge in [-0.2, -0.15) is 0 Å². The molecule has 2 heterocycles. The number of rotatable bonds is 3. The van der Waals surface area contributed by atoms with Crippen LogP contribution in [-0.4, -0.2) is 58.4 Å². The summed E-state index contributed by atoms with van der Waals surface area (Å²) in [6, 6.07) is 4.05. The Morgan fingerprint density at radius 2 is 2.33 bits per heavy atom. The van der Waals surface area contributed by atoms with E-state index in [9.17, 15) is 14.0 Å². The van der Waals surface area contributed by atoms with E-state index in [2.05, 4.69) is 15.3 Å². The second kappa shape index (κ2) is 6.46. The van der Waals surface area contributed by atoms with Gasteiger partial charge in [0, 0.05) is 33.1 Å². The molecule has 2 aromatic rings. The Morgan fingerprint density at radius 3 is 3.08 bits per heavy atom. The number of benzene rings is 1. The minimum absolute atomic E-state index is 0.0487. The lowest BCUT2D eigenvalue weighted by molar-refractivity contribution is -0.132. The number of imidazole rings is 1. The van der Waals surface area contributed by atoms with Gasteiger partial charge in [0.1, 0.15) is 11.6 Å². The average Bonchev–Trinajstić information content (AvgIpc) is 2.92. The Balaban J connectivity index is 1.60.